The number of halogens is 2. The van der Waals surface area contributed by atoms with Crippen LogP contribution in [0.2, 0.25) is 0 Å². The molecule has 1 aliphatic rings. The Kier molecular flexibility index (Phi) is 2.40. The highest BCUT2D eigenvalue weighted by atomic mass is 19.3. The molecule has 0 aromatic heterocycles. The Morgan fingerprint density at radius 2 is 2.38 bits per heavy atom. The van der Waals surface area contributed by atoms with Gasteiger partial charge in [-0.1, -0.05) is 0 Å². The highest BCUT2D eigenvalue weighted by Gasteiger charge is 2.33. The van der Waals surface area contributed by atoms with Crippen molar-refractivity contribution in [3.05, 3.63) is 12.3 Å². The molecule has 13 heavy (non-hydrogen) atoms. The predicted molar refractivity (Wildman–Crippen MR) is 41.2 cm³/mol. The van der Waals surface area contributed by atoms with Gasteiger partial charge in [-0.25, -0.2) is 18.6 Å². The van der Waals surface area contributed by atoms with Crippen LogP contribution in [0.1, 0.15) is 13.3 Å². The second kappa shape index (κ2) is 3.20. The van der Waals surface area contributed by atoms with Gasteiger partial charge in [0.2, 0.25) is 5.92 Å². The molecule has 0 bridgehead atoms. The molecule has 1 atom stereocenters. The molecule has 1 rings (SSSR count). The fourth-order valence-electron chi connectivity index (χ4n) is 1.14. The number of nitrogens with zero attached hydrogens (tertiary/aromatic N) is 1. The molecule has 2 N–H and O–H groups in total. The van der Waals surface area contributed by atoms with Crippen molar-refractivity contribution in [1.82, 2.24) is 10.4 Å². The highest BCUT2D eigenvalue weighted by Crippen LogP contribution is 2.23. The van der Waals surface area contributed by atoms with E-state index in [0.717, 1.165) is 11.9 Å². The number of hydrogen-bond acceptors (Lipinski definition) is 2. The number of rotatable bonds is 2. The molecule has 74 valence electrons. The van der Waals surface area contributed by atoms with E-state index in [4.69, 9.17) is 5.11 Å². The van der Waals surface area contributed by atoms with Gasteiger partial charge in [-0.3, -0.25) is 0 Å². The van der Waals surface area contributed by atoms with Crippen LogP contribution in [0.3, 0.4) is 0 Å². The minimum absolute atomic E-state index is 0.511. The Bertz CT molecular complexity index is 237. The fraction of sp³-hybridized carbons (Fsp3) is 0.571. The van der Waals surface area contributed by atoms with E-state index >= 15 is 0 Å². The molecule has 0 fully saturated rings. The number of alkyl halides is 2. The molecule has 0 aromatic carbocycles. The molecule has 1 amide bonds. The lowest BCUT2D eigenvalue weighted by Gasteiger charge is -2.23. The van der Waals surface area contributed by atoms with Crippen molar-refractivity contribution in [3.8, 4) is 0 Å². The minimum atomic E-state index is -2.87. The zero-order valence-corrected chi connectivity index (χ0v) is 7.00. The van der Waals surface area contributed by atoms with E-state index in [0.29, 0.717) is 0 Å². The second-order valence-corrected chi connectivity index (χ2v) is 2.98. The van der Waals surface area contributed by atoms with Crippen LogP contribution in [-0.2, 0) is 0 Å². The summed E-state index contributed by atoms with van der Waals surface area (Å²) in [7, 11) is 0. The first kappa shape index (κ1) is 9.76. The van der Waals surface area contributed by atoms with Crippen LogP contribution < -0.4 is 5.43 Å². The molecule has 0 aliphatic carbocycles. The number of hydrazine groups is 1. The van der Waals surface area contributed by atoms with Crippen molar-refractivity contribution < 1.29 is 18.7 Å². The van der Waals surface area contributed by atoms with Gasteiger partial charge >= 0.3 is 6.09 Å². The molecular weight excluding hydrogens is 182 g/mol. The van der Waals surface area contributed by atoms with Crippen LogP contribution in [0.15, 0.2) is 12.3 Å². The lowest BCUT2D eigenvalue weighted by Crippen LogP contribution is -2.43. The van der Waals surface area contributed by atoms with Gasteiger partial charge in [0.1, 0.15) is 0 Å². The van der Waals surface area contributed by atoms with Crippen LogP contribution in [0.5, 0.6) is 0 Å². The minimum Gasteiger partial charge on any atom is -0.464 e. The van der Waals surface area contributed by atoms with Crippen molar-refractivity contribution in [1.29, 1.82) is 0 Å². The van der Waals surface area contributed by atoms with E-state index in [1.807, 2.05) is 0 Å². The monoisotopic (exact) mass is 192 g/mol. The number of hydrogen-bond donors (Lipinski definition) is 2. The number of nitrogens with one attached hydrogen (secondary N) is 1. The average molecular weight is 192 g/mol. The summed E-state index contributed by atoms with van der Waals surface area (Å²) in [6.07, 6.45) is 0.957. The topological polar surface area (TPSA) is 52.6 Å². The summed E-state index contributed by atoms with van der Waals surface area (Å²) in [5.74, 6) is -2.87. The summed E-state index contributed by atoms with van der Waals surface area (Å²) < 4.78 is 25.1. The van der Waals surface area contributed by atoms with E-state index in [1.165, 1.54) is 12.3 Å². The zero-order chi connectivity index (χ0) is 10.1. The van der Waals surface area contributed by atoms with E-state index in [-0.39, 0.29) is 0 Å². The van der Waals surface area contributed by atoms with Crippen molar-refractivity contribution in [2.45, 2.75) is 25.3 Å². The van der Waals surface area contributed by atoms with Crippen molar-refractivity contribution in [2.75, 3.05) is 0 Å². The normalized spacial score (nSPS) is 21.8. The molecule has 1 aliphatic heterocycles. The second-order valence-electron chi connectivity index (χ2n) is 2.98. The Morgan fingerprint density at radius 1 is 1.77 bits per heavy atom. The van der Waals surface area contributed by atoms with Crippen molar-refractivity contribution >= 4 is 6.09 Å². The summed E-state index contributed by atoms with van der Waals surface area (Å²) in [6, 6.07) is -0.794. The third-order valence-electron chi connectivity index (χ3n) is 1.64. The summed E-state index contributed by atoms with van der Waals surface area (Å²) in [6.45, 7) is 0.763. The maximum atomic E-state index is 12.5. The van der Waals surface area contributed by atoms with Crippen LogP contribution >= 0.6 is 0 Å². The summed E-state index contributed by atoms with van der Waals surface area (Å²) in [5, 5.41) is 9.31. The van der Waals surface area contributed by atoms with Gasteiger partial charge in [-0.2, -0.15) is 0 Å². The number of carbonyl (C=O) groups is 1. The number of amides is 1. The van der Waals surface area contributed by atoms with Crippen LogP contribution in [0, 0.1) is 0 Å². The fourth-order valence-corrected chi connectivity index (χ4v) is 1.14. The Morgan fingerprint density at radius 3 is 2.85 bits per heavy atom. The smallest absolute Gasteiger partial charge is 0.426 e. The van der Waals surface area contributed by atoms with Gasteiger partial charge in [0, 0.05) is 12.6 Å². The SMILES string of the molecule is CC(F)(F)CC1C=CNN1C(=O)O. The summed E-state index contributed by atoms with van der Waals surface area (Å²) in [5.41, 5.74) is 2.35. The van der Waals surface area contributed by atoms with E-state index in [2.05, 4.69) is 5.43 Å². The first-order valence-corrected chi connectivity index (χ1v) is 3.73. The van der Waals surface area contributed by atoms with Gasteiger partial charge in [-0.05, 0) is 13.0 Å². The van der Waals surface area contributed by atoms with Crippen LogP contribution in [0.4, 0.5) is 13.6 Å². The largest absolute Gasteiger partial charge is 0.464 e. The molecule has 0 saturated carbocycles. The summed E-state index contributed by atoms with van der Waals surface area (Å²) >= 11 is 0. The molecular formula is C7H10F2N2O2. The maximum absolute atomic E-state index is 12.5. The van der Waals surface area contributed by atoms with Gasteiger partial charge < -0.3 is 10.5 Å². The first-order chi connectivity index (χ1) is 5.90. The van der Waals surface area contributed by atoms with Gasteiger partial charge in [0.15, 0.2) is 0 Å². The van der Waals surface area contributed by atoms with Crippen molar-refractivity contribution in [2.24, 2.45) is 0 Å². The Balaban J connectivity index is 2.59. The van der Waals surface area contributed by atoms with Crippen LogP contribution in [0.25, 0.3) is 0 Å². The molecule has 1 heterocycles. The molecule has 0 radical (unpaired) electrons. The highest BCUT2D eigenvalue weighted by molar-refractivity contribution is 5.65. The van der Waals surface area contributed by atoms with E-state index < -0.39 is 24.5 Å². The average Bonchev–Trinajstić information content (AvgIpc) is 2.31. The maximum Gasteiger partial charge on any atom is 0.426 e. The predicted octanol–water partition coefficient (Wildman–Crippen LogP) is 1.41. The van der Waals surface area contributed by atoms with Gasteiger partial charge in [-0.15, -0.1) is 0 Å². The zero-order valence-electron chi connectivity index (χ0n) is 7.00. The Labute approximate surface area is 73.8 Å². The third-order valence-corrected chi connectivity index (χ3v) is 1.64. The molecule has 1 unspecified atom stereocenters. The van der Waals surface area contributed by atoms with E-state index in [1.54, 1.807) is 0 Å². The summed E-state index contributed by atoms with van der Waals surface area (Å²) in [4.78, 5) is 10.5. The standard InChI is InChI=1S/C7H10F2N2O2/c1-7(8,9)4-5-2-3-10-11(5)6(12)13/h2-3,5,10H,4H2,1H3,(H,12,13). The van der Waals surface area contributed by atoms with Crippen LogP contribution in [-0.4, -0.2) is 28.2 Å². The Hall–Kier alpha value is -1.33. The lowest BCUT2D eigenvalue weighted by molar-refractivity contribution is -0.00704. The molecule has 0 saturated heterocycles. The third kappa shape index (κ3) is 2.57. The van der Waals surface area contributed by atoms with Gasteiger partial charge in [0.25, 0.3) is 0 Å². The lowest BCUT2D eigenvalue weighted by atomic mass is 10.1. The van der Waals surface area contributed by atoms with E-state index in [9.17, 15) is 13.6 Å². The molecule has 6 heteroatoms. The quantitative estimate of drug-likeness (QED) is 0.695. The molecule has 0 aromatic rings. The molecule has 0 spiro atoms. The molecule has 4 nitrogen and oxygen atoms in total. The van der Waals surface area contributed by atoms with Crippen molar-refractivity contribution in [3.63, 3.8) is 0 Å². The van der Waals surface area contributed by atoms with Gasteiger partial charge in [0.05, 0.1) is 6.04 Å². The first-order valence-electron chi connectivity index (χ1n) is 3.73. The number of carboxylic acid groups (broad SMARTS) is 1.